The number of hydrogen-bond acceptors (Lipinski definition) is 6. The lowest BCUT2D eigenvalue weighted by atomic mass is 10.1. The van der Waals surface area contributed by atoms with E-state index in [1.165, 1.54) is 0 Å². The standard InChI is InChI=1S/C14H20N2O4/c15-8-11(17)6-7-12(16)13(18)14(19)20-9-10-4-2-1-3-5-10/h1-5,11-12,17H,6-9,15-16H2/t11-,12+/m1/s1. The summed E-state index contributed by atoms with van der Waals surface area (Å²) >= 11 is 0. The largest absolute Gasteiger partial charge is 0.455 e. The van der Waals surface area contributed by atoms with Gasteiger partial charge in [0.2, 0.25) is 0 Å². The van der Waals surface area contributed by atoms with Crippen LogP contribution < -0.4 is 11.5 Å². The smallest absolute Gasteiger partial charge is 0.376 e. The van der Waals surface area contributed by atoms with Gasteiger partial charge in [0, 0.05) is 6.54 Å². The predicted molar refractivity (Wildman–Crippen MR) is 73.5 cm³/mol. The van der Waals surface area contributed by atoms with Crippen LogP contribution in [-0.2, 0) is 20.9 Å². The molecular formula is C14H20N2O4. The summed E-state index contributed by atoms with van der Waals surface area (Å²) in [6.07, 6.45) is -0.248. The van der Waals surface area contributed by atoms with E-state index in [4.69, 9.17) is 16.2 Å². The lowest BCUT2D eigenvalue weighted by molar-refractivity contribution is -0.155. The molecule has 1 aromatic carbocycles. The van der Waals surface area contributed by atoms with Crippen LogP contribution in [0.15, 0.2) is 30.3 Å². The van der Waals surface area contributed by atoms with E-state index in [1.54, 1.807) is 12.1 Å². The van der Waals surface area contributed by atoms with Crippen LogP contribution in [0, 0.1) is 0 Å². The zero-order chi connectivity index (χ0) is 15.0. The Morgan fingerprint density at radius 1 is 1.20 bits per heavy atom. The molecule has 0 radical (unpaired) electrons. The first-order valence-corrected chi connectivity index (χ1v) is 6.43. The van der Waals surface area contributed by atoms with E-state index in [0.717, 1.165) is 5.56 Å². The zero-order valence-corrected chi connectivity index (χ0v) is 11.2. The minimum absolute atomic E-state index is 0.0313. The van der Waals surface area contributed by atoms with Crippen molar-refractivity contribution in [3.8, 4) is 0 Å². The van der Waals surface area contributed by atoms with Crippen molar-refractivity contribution in [1.29, 1.82) is 0 Å². The lowest BCUT2D eigenvalue weighted by Crippen LogP contribution is -2.38. The van der Waals surface area contributed by atoms with Gasteiger partial charge in [0.25, 0.3) is 5.78 Å². The third-order valence-electron chi connectivity index (χ3n) is 2.83. The molecule has 0 spiro atoms. The molecule has 0 saturated carbocycles. The van der Waals surface area contributed by atoms with Crippen LogP contribution in [0.25, 0.3) is 0 Å². The highest BCUT2D eigenvalue weighted by Crippen LogP contribution is 2.04. The zero-order valence-electron chi connectivity index (χ0n) is 11.2. The number of Topliss-reactive ketones (excluding diaryl/α,β-unsaturated/α-hetero) is 1. The van der Waals surface area contributed by atoms with Gasteiger partial charge >= 0.3 is 5.97 Å². The van der Waals surface area contributed by atoms with Gasteiger partial charge in [0.05, 0.1) is 12.1 Å². The highest BCUT2D eigenvalue weighted by Gasteiger charge is 2.23. The van der Waals surface area contributed by atoms with E-state index in [1.807, 2.05) is 18.2 Å². The number of ether oxygens (including phenoxy) is 1. The van der Waals surface area contributed by atoms with Crippen LogP contribution >= 0.6 is 0 Å². The van der Waals surface area contributed by atoms with E-state index >= 15 is 0 Å². The van der Waals surface area contributed by atoms with Crippen LogP contribution in [0.2, 0.25) is 0 Å². The van der Waals surface area contributed by atoms with E-state index in [9.17, 15) is 14.7 Å². The molecule has 1 aromatic rings. The fraction of sp³-hybridized carbons (Fsp3) is 0.429. The molecule has 0 heterocycles. The Kier molecular flexibility index (Phi) is 6.86. The summed E-state index contributed by atoms with van der Waals surface area (Å²) in [5.41, 5.74) is 11.6. The maximum Gasteiger partial charge on any atom is 0.376 e. The van der Waals surface area contributed by atoms with Crippen molar-refractivity contribution >= 4 is 11.8 Å². The maximum atomic E-state index is 11.7. The van der Waals surface area contributed by atoms with E-state index < -0.39 is 23.9 Å². The van der Waals surface area contributed by atoms with E-state index in [0.29, 0.717) is 0 Å². The van der Waals surface area contributed by atoms with Crippen LogP contribution in [0.3, 0.4) is 0 Å². The van der Waals surface area contributed by atoms with Crippen molar-refractivity contribution < 1.29 is 19.4 Å². The number of rotatable bonds is 8. The average Bonchev–Trinajstić information content (AvgIpc) is 2.49. The van der Waals surface area contributed by atoms with Gasteiger partial charge in [-0.05, 0) is 18.4 Å². The number of nitrogens with two attached hydrogens (primary N) is 2. The van der Waals surface area contributed by atoms with Crippen LogP contribution in [0.5, 0.6) is 0 Å². The third-order valence-corrected chi connectivity index (χ3v) is 2.83. The Labute approximate surface area is 117 Å². The first-order valence-electron chi connectivity index (χ1n) is 6.43. The van der Waals surface area contributed by atoms with Crippen LogP contribution in [0.4, 0.5) is 0 Å². The molecule has 0 aliphatic rings. The maximum absolute atomic E-state index is 11.7. The second-order valence-electron chi connectivity index (χ2n) is 4.50. The number of ketones is 1. The number of benzene rings is 1. The summed E-state index contributed by atoms with van der Waals surface area (Å²) in [5, 5.41) is 9.27. The minimum atomic E-state index is -0.973. The van der Waals surface area contributed by atoms with Gasteiger partial charge in [0.1, 0.15) is 6.61 Å². The molecular weight excluding hydrogens is 260 g/mol. The summed E-state index contributed by atoms with van der Waals surface area (Å²) in [5.74, 6) is -1.74. The van der Waals surface area contributed by atoms with Crippen molar-refractivity contribution in [2.24, 2.45) is 11.5 Å². The Balaban J connectivity index is 2.36. The molecule has 0 aliphatic carbocycles. The monoisotopic (exact) mass is 280 g/mol. The van der Waals surface area contributed by atoms with Crippen molar-refractivity contribution in [3.05, 3.63) is 35.9 Å². The predicted octanol–water partition coefficient (Wildman–Crippen LogP) is -0.274. The molecule has 1 rings (SSSR count). The highest BCUT2D eigenvalue weighted by atomic mass is 16.5. The Morgan fingerprint density at radius 2 is 1.85 bits per heavy atom. The van der Waals surface area contributed by atoms with Crippen LogP contribution in [0.1, 0.15) is 18.4 Å². The normalized spacial score (nSPS) is 13.6. The van der Waals surface area contributed by atoms with Crippen molar-refractivity contribution in [2.75, 3.05) is 6.54 Å². The van der Waals surface area contributed by atoms with Crippen molar-refractivity contribution in [1.82, 2.24) is 0 Å². The molecule has 0 unspecified atom stereocenters. The molecule has 6 heteroatoms. The van der Waals surface area contributed by atoms with Gasteiger partial charge in [-0.25, -0.2) is 4.79 Å². The average molecular weight is 280 g/mol. The molecule has 0 aliphatic heterocycles. The second kappa shape index (κ2) is 8.42. The van der Waals surface area contributed by atoms with Gasteiger partial charge in [-0.1, -0.05) is 30.3 Å². The van der Waals surface area contributed by atoms with Gasteiger partial charge in [0.15, 0.2) is 0 Å². The van der Waals surface area contributed by atoms with Gasteiger partial charge < -0.3 is 21.3 Å². The van der Waals surface area contributed by atoms with Gasteiger partial charge in [-0.2, -0.15) is 0 Å². The summed E-state index contributed by atoms with van der Waals surface area (Å²) in [6.45, 7) is 0.128. The first-order chi connectivity index (χ1) is 9.54. The fourth-order valence-electron chi connectivity index (χ4n) is 1.57. The molecule has 2 atom stereocenters. The molecule has 110 valence electrons. The Morgan fingerprint density at radius 3 is 2.45 bits per heavy atom. The quantitative estimate of drug-likeness (QED) is 0.446. The number of carbonyl (C=O) groups excluding carboxylic acids is 2. The SMILES string of the molecule is NC[C@H](O)CC[C@H](N)C(=O)C(=O)OCc1ccccc1. The van der Waals surface area contributed by atoms with E-state index in [-0.39, 0.29) is 26.0 Å². The Hall–Kier alpha value is -1.76. The summed E-state index contributed by atoms with van der Waals surface area (Å²) in [7, 11) is 0. The highest BCUT2D eigenvalue weighted by molar-refractivity contribution is 6.35. The Bertz CT molecular complexity index is 436. The third kappa shape index (κ3) is 5.48. The van der Waals surface area contributed by atoms with E-state index in [2.05, 4.69) is 0 Å². The lowest BCUT2D eigenvalue weighted by Gasteiger charge is -2.12. The number of hydrogen-bond donors (Lipinski definition) is 3. The van der Waals surface area contributed by atoms with Crippen molar-refractivity contribution in [3.63, 3.8) is 0 Å². The van der Waals surface area contributed by atoms with Crippen molar-refractivity contribution in [2.45, 2.75) is 31.6 Å². The molecule has 5 N–H and O–H groups in total. The topological polar surface area (TPSA) is 116 Å². The summed E-state index contributed by atoms with van der Waals surface area (Å²) < 4.78 is 4.89. The van der Waals surface area contributed by atoms with Gasteiger partial charge in [-0.15, -0.1) is 0 Å². The molecule has 0 saturated heterocycles. The molecule has 0 bridgehead atoms. The van der Waals surface area contributed by atoms with Crippen LogP contribution in [-0.4, -0.2) is 35.5 Å². The number of aliphatic hydroxyl groups is 1. The second-order valence-corrected chi connectivity index (χ2v) is 4.50. The summed E-state index contributed by atoms with van der Waals surface area (Å²) in [4.78, 5) is 23.2. The summed E-state index contributed by atoms with van der Waals surface area (Å²) in [6, 6.07) is 8.06. The first kappa shape index (κ1) is 16.3. The minimum Gasteiger partial charge on any atom is -0.455 e. The molecule has 0 aromatic heterocycles. The fourth-order valence-corrected chi connectivity index (χ4v) is 1.57. The number of carbonyl (C=O) groups is 2. The molecule has 6 nitrogen and oxygen atoms in total. The van der Waals surface area contributed by atoms with Gasteiger partial charge in [-0.3, -0.25) is 4.79 Å². The molecule has 0 amide bonds. The molecule has 0 fully saturated rings. The number of esters is 1. The number of aliphatic hydroxyl groups excluding tert-OH is 1. The molecule has 20 heavy (non-hydrogen) atoms.